The third-order valence-electron chi connectivity index (χ3n) is 5.15. The van der Waals surface area contributed by atoms with Crippen LogP contribution in [0.15, 0.2) is 94.5 Å². The van der Waals surface area contributed by atoms with E-state index in [0.29, 0.717) is 37.5 Å². The number of benzene rings is 4. The maximum atomic E-state index is 12.5. The fourth-order valence-electron chi connectivity index (χ4n) is 3.19. The van der Waals surface area contributed by atoms with Gasteiger partial charge in [-0.05, 0) is 78.9 Å². The van der Waals surface area contributed by atoms with Crippen LogP contribution < -0.4 is 14.9 Å². The summed E-state index contributed by atoms with van der Waals surface area (Å²) in [6, 6.07) is 23.1. The van der Waals surface area contributed by atoms with Crippen LogP contribution in [0.3, 0.4) is 0 Å². The van der Waals surface area contributed by atoms with E-state index in [4.69, 9.17) is 44.3 Å². The molecule has 0 saturated heterocycles. The van der Waals surface area contributed by atoms with E-state index >= 15 is 0 Å². The number of hydrogen-bond acceptors (Lipinski definition) is 5. The van der Waals surface area contributed by atoms with Gasteiger partial charge in [-0.15, -0.1) is 0 Å². The Kier molecular flexibility index (Phi) is 9.42. The number of hydrogen-bond donors (Lipinski definition) is 1. The van der Waals surface area contributed by atoms with E-state index < -0.39 is 11.9 Å². The Bertz CT molecular complexity index is 1490. The second kappa shape index (κ2) is 12.9. The third kappa shape index (κ3) is 7.58. The van der Waals surface area contributed by atoms with E-state index in [1.54, 1.807) is 84.9 Å². The maximum Gasteiger partial charge on any atom is 0.343 e. The molecule has 192 valence electrons. The smallest absolute Gasteiger partial charge is 0.343 e. The average molecular weight is 633 g/mol. The van der Waals surface area contributed by atoms with E-state index in [2.05, 4.69) is 26.5 Å². The zero-order valence-corrected chi connectivity index (χ0v) is 23.3. The molecular formula is C28H18BrCl3N2O4. The molecule has 4 rings (SSSR count). The molecule has 10 heteroatoms. The van der Waals surface area contributed by atoms with Crippen LogP contribution in [0.2, 0.25) is 15.1 Å². The van der Waals surface area contributed by atoms with E-state index in [1.165, 1.54) is 6.21 Å². The molecule has 0 heterocycles. The van der Waals surface area contributed by atoms with Gasteiger partial charge in [-0.1, -0.05) is 56.8 Å². The molecule has 0 unspecified atom stereocenters. The number of nitrogens with one attached hydrogen (secondary N) is 1. The monoisotopic (exact) mass is 630 g/mol. The lowest BCUT2D eigenvalue weighted by Gasteiger charge is -2.09. The van der Waals surface area contributed by atoms with Crippen LogP contribution >= 0.6 is 50.7 Å². The van der Waals surface area contributed by atoms with Crippen molar-refractivity contribution in [1.82, 2.24) is 5.43 Å². The zero-order chi connectivity index (χ0) is 27.1. The highest BCUT2D eigenvalue weighted by molar-refractivity contribution is 9.10. The summed E-state index contributed by atoms with van der Waals surface area (Å²) in [5, 5.41) is 5.59. The number of amides is 1. The Morgan fingerprint density at radius 2 is 1.53 bits per heavy atom. The van der Waals surface area contributed by atoms with Crippen LogP contribution in [0, 0.1) is 0 Å². The van der Waals surface area contributed by atoms with Crippen LogP contribution in [0.25, 0.3) is 0 Å². The fourth-order valence-corrected chi connectivity index (χ4v) is 4.15. The zero-order valence-electron chi connectivity index (χ0n) is 19.5. The molecule has 4 aromatic rings. The predicted octanol–water partition coefficient (Wildman–Crippen LogP) is 7.97. The van der Waals surface area contributed by atoms with Gasteiger partial charge in [-0.25, -0.2) is 10.2 Å². The number of ether oxygens (including phenoxy) is 2. The van der Waals surface area contributed by atoms with Crippen LogP contribution in [0.1, 0.15) is 31.8 Å². The fraction of sp³-hybridized carbons (Fsp3) is 0.0357. The van der Waals surface area contributed by atoms with Gasteiger partial charge in [0, 0.05) is 36.2 Å². The summed E-state index contributed by atoms with van der Waals surface area (Å²) in [6.45, 7) is 0.253. The average Bonchev–Trinajstić information content (AvgIpc) is 2.90. The molecule has 0 radical (unpaired) electrons. The van der Waals surface area contributed by atoms with Gasteiger partial charge in [-0.2, -0.15) is 5.10 Å². The number of carbonyl (C=O) groups excluding carboxylic acids is 2. The van der Waals surface area contributed by atoms with Crippen molar-refractivity contribution in [2.45, 2.75) is 6.61 Å². The van der Waals surface area contributed by atoms with Crippen LogP contribution in [0.5, 0.6) is 11.5 Å². The van der Waals surface area contributed by atoms with Gasteiger partial charge < -0.3 is 9.47 Å². The van der Waals surface area contributed by atoms with Crippen LogP contribution in [-0.4, -0.2) is 18.1 Å². The number of nitrogens with zero attached hydrogens (tertiary/aromatic N) is 1. The maximum absolute atomic E-state index is 12.5. The minimum atomic E-state index is -0.552. The van der Waals surface area contributed by atoms with Gasteiger partial charge in [0.05, 0.1) is 11.8 Å². The highest BCUT2D eigenvalue weighted by atomic mass is 79.9. The molecule has 6 nitrogen and oxygen atoms in total. The lowest BCUT2D eigenvalue weighted by atomic mass is 10.2. The molecule has 0 spiro atoms. The van der Waals surface area contributed by atoms with Crippen molar-refractivity contribution in [1.29, 1.82) is 0 Å². The third-order valence-corrected chi connectivity index (χ3v) is 6.48. The van der Waals surface area contributed by atoms with Gasteiger partial charge in [-0.3, -0.25) is 4.79 Å². The first-order chi connectivity index (χ1) is 18.3. The summed E-state index contributed by atoms with van der Waals surface area (Å²) in [7, 11) is 0. The van der Waals surface area contributed by atoms with Gasteiger partial charge in [0.1, 0.15) is 18.1 Å². The van der Waals surface area contributed by atoms with Gasteiger partial charge >= 0.3 is 5.97 Å². The normalized spacial score (nSPS) is 10.8. The topological polar surface area (TPSA) is 77.0 Å². The first-order valence-corrected chi connectivity index (χ1v) is 13.0. The Morgan fingerprint density at radius 3 is 2.24 bits per heavy atom. The lowest BCUT2D eigenvalue weighted by Crippen LogP contribution is -2.17. The first-order valence-electron chi connectivity index (χ1n) is 11.1. The number of carbonyl (C=O) groups is 2. The predicted molar refractivity (Wildman–Crippen MR) is 153 cm³/mol. The summed E-state index contributed by atoms with van der Waals surface area (Å²) in [5.41, 5.74) is 4.45. The standard InChI is InChI=1S/C28H18BrCl3N2O4/c29-21-6-12-26(38-28(36)18-1-7-22(30)8-2-18)20(13-21)15-33-34-27(35)17-4-10-24(11-5-17)37-16-19-3-9-23(31)14-25(19)32/h1-15H,16H2,(H,34,35)/b33-15-. The van der Waals surface area contributed by atoms with E-state index in [-0.39, 0.29) is 12.4 Å². The van der Waals surface area contributed by atoms with Crippen molar-refractivity contribution in [2.24, 2.45) is 5.10 Å². The quantitative estimate of drug-likeness (QED) is 0.0925. The second-order valence-corrected chi connectivity index (χ2v) is 10.0. The van der Waals surface area contributed by atoms with Gasteiger partial charge in [0.25, 0.3) is 5.91 Å². The SMILES string of the molecule is O=C(N/N=C\c1cc(Br)ccc1OC(=O)c1ccc(Cl)cc1)c1ccc(OCc2ccc(Cl)cc2Cl)cc1. The molecule has 0 aliphatic rings. The second-order valence-electron chi connectivity index (χ2n) is 7.83. The summed E-state index contributed by atoms with van der Waals surface area (Å²) >= 11 is 21.3. The number of rotatable bonds is 8. The van der Waals surface area contributed by atoms with Crippen molar-refractivity contribution in [3.05, 3.63) is 127 Å². The minimum Gasteiger partial charge on any atom is -0.489 e. The van der Waals surface area contributed by atoms with Crippen molar-refractivity contribution >= 4 is 68.8 Å². The van der Waals surface area contributed by atoms with Crippen molar-refractivity contribution in [3.8, 4) is 11.5 Å². The molecule has 0 aliphatic heterocycles. The molecular weight excluding hydrogens is 615 g/mol. The van der Waals surface area contributed by atoms with E-state index in [0.717, 1.165) is 10.0 Å². The summed E-state index contributed by atoms with van der Waals surface area (Å²) in [5.74, 6) is -0.141. The van der Waals surface area contributed by atoms with Crippen molar-refractivity contribution in [2.75, 3.05) is 0 Å². The Balaban J connectivity index is 1.36. The Hall–Kier alpha value is -3.36. The Labute approximate surface area is 242 Å². The lowest BCUT2D eigenvalue weighted by molar-refractivity contribution is 0.0734. The van der Waals surface area contributed by atoms with Crippen molar-refractivity contribution < 1.29 is 19.1 Å². The highest BCUT2D eigenvalue weighted by Crippen LogP contribution is 2.24. The van der Waals surface area contributed by atoms with E-state index in [9.17, 15) is 9.59 Å². The summed E-state index contributed by atoms with van der Waals surface area (Å²) in [6.07, 6.45) is 1.39. The van der Waals surface area contributed by atoms with E-state index in [1.807, 2.05) is 0 Å². The number of halogens is 4. The molecule has 1 amide bonds. The van der Waals surface area contributed by atoms with Crippen LogP contribution in [-0.2, 0) is 6.61 Å². The van der Waals surface area contributed by atoms with Gasteiger partial charge in [0.15, 0.2) is 0 Å². The summed E-state index contributed by atoms with van der Waals surface area (Å²) in [4.78, 5) is 25.0. The number of esters is 1. The molecule has 0 aromatic heterocycles. The molecule has 4 aromatic carbocycles. The molecule has 0 atom stereocenters. The molecule has 38 heavy (non-hydrogen) atoms. The first kappa shape index (κ1) is 27.7. The minimum absolute atomic E-state index is 0.253. The molecule has 0 saturated carbocycles. The molecule has 0 bridgehead atoms. The van der Waals surface area contributed by atoms with Gasteiger partial charge in [0.2, 0.25) is 0 Å². The largest absolute Gasteiger partial charge is 0.489 e. The molecule has 0 aliphatic carbocycles. The molecule has 1 N–H and O–H groups in total. The summed E-state index contributed by atoms with van der Waals surface area (Å²) < 4.78 is 12.0. The molecule has 0 fully saturated rings. The van der Waals surface area contributed by atoms with Crippen molar-refractivity contribution in [3.63, 3.8) is 0 Å². The van der Waals surface area contributed by atoms with Crippen LogP contribution in [0.4, 0.5) is 0 Å². The number of hydrazone groups is 1. The highest BCUT2D eigenvalue weighted by Gasteiger charge is 2.12. The Morgan fingerprint density at radius 1 is 0.842 bits per heavy atom.